The maximum absolute atomic E-state index is 12.5. The smallest absolute Gasteiger partial charge is 0.405 e. The first kappa shape index (κ1) is 18.2. The lowest BCUT2D eigenvalue weighted by Crippen LogP contribution is -2.28. The molecular weight excluding hydrogens is 356 g/mol. The van der Waals surface area contributed by atoms with Gasteiger partial charge in [-0.2, -0.15) is 0 Å². The van der Waals surface area contributed by atoms with Crippen LogP contribution in [0.3, 0.4) is 0 Å². The Morgan fingerprint density at radius 1 is 1.19 bits per heavy atom. The van der Waals surface area contributed by atoms with Gasteiger partial charge in [0.1, 0.15) is 5.52 Å². The highest BCUT2D eigenvalue weighted by molar-refractivity contribution is 6.31. The van der Waals surface area contributed by atoms with Gasteiger partial charge in [0.15, 0.2) is 5.58 Å². The summed E-state index contributed by atoms with van der Waals surface area (Å²) in [4.78, 5) is 32.0. The topological polar surface area (TPSA) is 64.7 Å². The zero-order chi connectivity index (χ0) is 18.7. The van der Waals surface area contributed by atoms with Crippen molar-refractivity contribution in [2.24, 2.45) is 0 Å². The summed E-state index contributed by atoms with van der Waals surface area (Å²) < 4.78 is 5.88. The molecule has 0 atom stereocenters. The molecule has 1 heterocycles. The molecule has 0 spiro atoms. The number of halogens is 1. The lowest BCUT2D eigenvalue weighted by Gasteiger charge is -2.18. The number of nitrogens with zero attached hydrogens (tertiary/aromatic N) is 2. The molecule has 3 rings (SSSR count). The lowest BCUT2D eigenvalue weighted by atomic mass is 10.1. The van der Waals surface area contributed by atoms with Crippen LogP contribution in [0.15, 0.2) is 51.7 Å². The van der Waals surface area contributed by atoms with Gasteiger partial charge >= 0.3 is 11.7 Å². The lowest BCUT2D eigenvalue weighted by molar-refractivity contribution is 0.0445. The third-order valence-electron chi connectivity index (χ3n) is 4.14. The summed E-state index contributed by atoms with van der Waals surface area (Å²) >= 11 is 5.95. The first-order valence-corrected chi connectivity index (χ1v) is 8.74. The van der Waals surface area contributed by atoms with E-state index in [1.165, 1.54) is 6.07 Å². The Balaban J connectivity index is 1.86. The fourth-order valence-corrected chi connectivity index (χ4v) is 2.86. The third kappa shape index (κ3) is 3.81. The normalized spacial score (nSPS) is 11.2. The van der Waals surface area contributed by atoms with Crippen molar-refractivity contribution in [1.29, 1.82) is 0 Å². The number of rotatable bonds is 6. The van der Waals surface area contributed by atoms with Gasteiger partial charge in [0.25, 0.3) is 0 Å². The Morgan fingerprint density at radius 3 is 2.69 bits per heavy atom. The average Bonchev–Trinajstić information content (AvgIpc) is 2.95. The van der Waals surface area contributed by atoms with Crippen LogP contribution in [0.4, 0.5) is 0 Å². The Bertz CT molecular complexity index is 989. The van der Waals surface area contributed by atoms with Crippen molar-refractivity contribution in [1.82, 2.24) is 9.63 Å². The van der Waals surface area contributed by atoms with Crippen molar-refractivity contribution in [3.05, 3.63) is 69.2 Å². The molecular formula is C19H19ClN2O4. The van der Waals surface area contributed by atoms with E-state index in [1.54, 1.807) is 30.3 Å². The van der Waals surface area contributed by atoms with Gasteiger partial charge < -0.3 is 9.25 Å². The zero-order valence-corrected chi connectivity index (χ0v) is 15.3. The summed E-state index contributed by atoms with van der Waals surface area (Å²) in [6.07, 6.45) is 0. The molecule has 6 nitrogen and oxygen atoms in total. The number of oxazole rings is 1. The van der Waals surface area contributed by atoms with Crippen LogP contribution in [-0.4, -0.2) is 28.7 Å². The minimum absolute atomic E-state index is 0.294. The summed E-state index contributed by atoms with van der Waals surface area (Å²) in [5.74, 6) is -1.42. The molecule has 0 unspecified atom stereocenters. The van der Waals surface area contributed by atoms with Crippen molar-refractivity contribution in [3.63, 3.8) is 0 Å². The molecule has 0 fully saturated rings. The van der Waals surface area contributed by atoms with Gasteiger partial charge in [-0.05, 0) is 49.0 Å². The molecule has 7 heteroatoms. The van der Waals surface area contributed by atoms with E-state index in [2.05, 4.69) is 18.7 Å². The van der Waals surface area contributed by atoms with E-state index in [1.807, 2.05) is 6.07 Å². The summed E-state index contributed by atoms with van der Waals surface area (Å²) in [5.41, 5.74) is 1.95. The number of carbonyl (C=O) groups is 1. The number of hydrogen-bond acceptors (Lipinski definition) is 5. The van der Waals surface area contributed by atoms with Gasteiger partial charge in [-0.15, -0.1) is 0 Å². The van der Waals surface area contributed by atoms with Crippen LogP contribution in [0.1, 0.15) is 29.8 Å². The Morgan fingerprint density at radius 2 is 1.96 bits per heavy atom. The van der Waals surface area contributed by atoms with E-state index in [0.717, 1.165) is 29.9 Å². The summed E-state index contributed by atoms with van der Waals surface area (Å²) in [6.45, 7) is 6.75. The first-order chi connectivity index (χ1) is 12.5. The summed E-state index contributed by atoms with van der Waals surface area (Å²) in [7, 11) is 0. The molecule has 0 aliphatic carbocycles. The fraction of sp³-hybridized carbons (Fsp3) is 0.263. The zero-order valence-electron chi connectivity index (χ0n) is 14.6. The van der Waals surface area contributed by atoms with E-state index in [4.69, 9.17) is 20.9 Å². The number of fused-ring (bicyclic) bond motifs is 1. The molecule has 0 saturated carbocycles. The molecule has 2 aromatic carbocycles. The van der Waals surface area contributed by atoms with Crippen LogP contribution in [0, 0.1) is 0 Å². The molecule has 0 amide bonds. The molecule has 0 N–H and O–H groups in total. The fourth-order valence-electron chi connectivity index (χ4n) is 2.69. The second-order valence-electron chi connectivity index (χ2n) is 5.81. The molecule has 0 aliphatic rings. The molecule has 1 aromatic heterocycles. The quantitative estimate of drug-likeness (QED) is 0.662. The van der Waals surface area contributed by atoms with Crippen molar-refractivity contribution >= 4 is 28.7 Å². The van der Waals surface area contributed by atoms with E-state index in [-0.39, 0.29) is 0 Å². The third-order valence-corrected chi connectivity index (χ3v) is 4.38. The summed E-state index contributed by atoms with van der Waals surface area (Å²) in [6, 6.07) is 11.8. The molecule has 3 aromatic rings. The average molecular weight is 375 g/mol. The Labute approximate surface area is 155 Å². The minimum atomic E-state index is -0.782. The van der Waals surface area contributed by atoms with Crippen LogP contribution >= 0.6 is 11.6 Å². The number of hydrogen-bond donors (Lipinski definition) is 0. The largest absolute Gasteiger partial charge is 0.453 e. The van der Waals surface area contributed by atoms with E-state index >= 15 is 0 Å². The predicted octanol–water partition coefficient (Wildman–Crippen LogP) is 3.36. The monoisotopic (exact) mass is 374 g/mol. The van der Waals surface area contributed by atoms with Gasteiger partial charge in [0.2, 0.25) is 0 Å². The molecule has 136 valence electrons. The number of benzene rings is 2. The Hall–Kier alpha value is -2.57. The van der Waals surface area contributed by atoms with Crippen LogP contribution in [-0.2, 0) is 6.54 Å². The van der Waals surface area contributed by atoms with Gasteiger partial charge in [0.05, 0.1) is 5.56 Å². The molecule has 0 aliphatic heterocycles. The van der Waals surface area contributed by atoms with E-state index in [0.29, 0.717) is 21.7 Å². The summed E-state index contributed by atoms with van der Waals surface area (Å²) in [5, 5.41) is 0.407. The van der Waals surface area contributed by atoms with Gasteiger partial charge in [0, 0.05) is 11.6 Å². The van der Waals surface area contributed by atoms with Crippen molar-refractivity contribution < 1.29 is 14.0 Å². The highest BCUT2D eigenvalue weighted by atomic mass is 35.5. The molecule has 0 saturated heterocycles. The standard InChI is InChI=1S/C19H19ClN2O4/c1-3-21(4-2)12-13-6-5-7-14(10-13)18(23)26-22-16-11-15(20)8-9-17(16)25-19(22)24/h5-11H,3-4,12H2,1-2H3. The van der Waals surface area contributed by atoms with E-state index < -0.39 is 11.7 Å². The van der Waals surface area contributed by atoms with Gasteiger partial charge in [-0.1, -0.05) is 42.3 Å². The second-order valence-corrected chi connectivity index (χ2v) is 6.25. The van der Waals surface area contributed by atoms with Crippen LogP contribution < -0.4 is 10.6 Å². The first-order valence-electron chi connectivity index (χ1n) is 8.37. The van der Waals surface area contributed by atoms with Gasteiger partial charge in [-0.25, -0.2) is 9.59 Å². The van der Waals surface area contributed by atoms with Crippen molar-refractivity contribution in [3.8, 4) is 0 Å². The van der Waals surface area contributed by atoms with Gasteiger partial charge in [-0.3, -0.25) is 4.90 Å². The molecule has 0 bridgehead atoms. The van der Waals surface area contributed by atoms with Crippen molar-refractivity contribution in [2.45, 2.75) is 20.4 Å². The van der Waals surface area contributed by atoms with E-state index in [9.17, 15) is 9.59 Å². The predicted molar refractivity (Wildman–Crippen MR) is 99.5 cm³/mol. The number of aromatic nitrogens is 1. The maximum Gasteiger partial charge on any atom is 0.453 e. The Kier molecular flexibility index (Phi) is 5.44. The number of carbonyl (C=O) groups excluding carboxylic acids is 1. The van der Waals surface area contributed by atoms with Crippen molar-refractivity contribution in [2.75, 3.05) is 13.1 Å². The second kappa shape index (κ2) is 7.76. The van der Waals surface area contributed by atoms with Crippen LogP contribution in [0.2, 0.25) is 5.02 Å². The highest BCUT2D eigenvalue weighted by Gasteiger charge is 2.16. The molecule has 26 heavy (non-hydrogen) atoms. The molecule has 0 radical (unpaired) electrons. The maximum atomic E-state index is 12.5. The minimum Gasteiger partial charge on any atom is -0.405 e. The van der Waals surface area contributed by atoms with Crippen LogP contribution in [0.5, 0.6) is 0 Å². The highest BCUT2D eigenvalue weighted by Crippen LogP contribution is 2.18. The SMILES string of the molecule is CCN(CC)Cc1cccc(C(=O)On2c(=O)oc3ccc(Cl)cc32)c1. The van der Waals surface area contributed by atoms with Crippen LogP contribution in [0.25, 0.3) is 11.1 Å².